The maximum atomic E-state index is 12.2. The summed E-state index contributed by atoms with van der Waals surface area (Å²) >= 11 is 0. The summed E-state index contributed by atoms with van der Waals surface area (Å²) in [7, 11) is 0. The molecule has 2 heterocycles. The Hall–Kier alpha value is -4.20. The van der Waals surface area contributed by atoms with Crippen LogP contribution in [0.5, 0.6) is 0 Å². The average Bonchev–Trinajstić information content (AvgIpc) is 3.05. The molecule has 0 saturated heterocycles. The van der Waals surface area contributed by atoms with Gasteiger partial charge in [-0.25, -0.2) is 4.98 Å². The van der Waals surface area contributed by atoms with Crippen molar-refractivity contribution in [2.24, 2.45) is 0 Å². The minimum absolute atomic E-state index is 0.266. The van der Waals surface area contributed by atoms with Gasteiger partial charge in [0.1, 0.15) is 12.2 Å². The molecule has 0 aliphatic rings. The van der Waals surface area contributed by atoms with Crippen LogP contribution in [-0.4, -0.2) is 37.3 Å². The van der Waals surface area contributed by atoms with E-state index in [1.807, 2.05) is 0 Å². The summed E-state index contributed by atoms with van der Waals surface area (Å²) in [6.45, 7) is 3.29. The second-order valence-corrected chi connectivity index (χ2v) is 6.07. The molecule has 2 N–H and O–H groups in total. The number of rotatable bonds is 4. The van der Waals surface area contributed by atoms with E-state index in [0.29, 0.717) is 44.1 Å². The van der Waals surface area contributed by atoms with Crippen LogP contribution in [-0.2, 0) is 0 Å². The Morgan fingerprint density at radius 3 is 2.64 bits per heavy atom. The Bertz CT molecular complexity index is 1180. The third-order valence-corrected chi connectivity index (χ3v) is 4.23. The van der Waals surface area contributed by atoms with Gasteiger partial charge in [0, 0.05) is 35.8 Å². The van der Waals surface area contributed by atoms with Gasteiger partial charge >= 0.3 is 0 Å². The van der Waals surface area contributed by atoms with Crippen LogP contribution in [0.15, 0.2) is 67.0 Å². The molecule has 2 aromatic carbocycles. The van der Waals surface area contributed by atoms with Crippen LogP contribution >= 0.6 is 0 Å². The highest BCUT2D eigenvalue weighted by Gasteiger charge is 2.14. The van der Waals surface area contributed by atoms with Crippen LogP contribution in [0.2, 0.25) is 0 Å². The summed E-state index contributed by atoms with van der Waals surface area (Å²) in [5.74, 6) is 0.0527. The minimum Gasteiger partial charge on any atom is -0.619 e. The minimum atomic E-state index is -0.266. The van der Waals surface area contributed by atoms with E-state index in [0.717, 1.165) is 4.73 Å². The fraction of sp³-hybridized carbons (Fsp3) is 0. The number of carbonyl (C=O) groups is 1. The highest BCUT2D eigenvalue weighted by molar-refractivity contribution is 6.04. The molecular formula is C20H15N5O3. The molecule has 4 aromatic rings. The van der Waals surface area contributed by atoms with Crippen LogP contribution < -0.4 is 5.32 Å². The van der Waals surface area contributed by atoms with Gasteiger partial charge in [-0.1, -0.05) is 0 Å². The van der Waals surface area contributed by atoms with E-state index in [-0.39, 0.29) is 5.91 Å². The van der Waals surface area contributed by atoms with Gasteiger partial charge in [0.25, 0.3) is 5.91 Å². The normalized spacial score (nSPS) is 10.7. The largest absolute Gasteiger partial charge is 0.619 e. The second-order valence-electron chi connectivity index (χ2n) is 6.07. The molecule has 0 atom stereocenters. The lowest BCUT2D eigenvalue weighted by molar-refractivity contribution is -0.349. The van der Waals surface area contributed by atoms with E-state index in [1.165, 1.54) is 12.3 Å². The first kappa shape index (κ1) is 17.2. The first-order valence-corrected chi connectivity index (χ1v) is 8.34. The molecule has 138 valence electrons. The molecule has 0 aliphatic carbocycles. The molecule has 0 aliphatic heterocycles. The number of hydrogen-bond acceptors (Lipinski definition) is 5. The summed E-state index contributed by atoms with van der Waals surface area (Å²) in [5, 5.41) is 24.6. The van der Waals surface area contributed by atoms with Crippen LogP contribution in [0.3, 0.4) is 0 Å². The van der Waals surface area contributed by atoms with Gasteiger partial charge in [-0.05, 0) is 42.5 Å². The topological polar surface area (TPSA) is 106 Å². The Morgan fingerprint density at radius 2 is 1.96 bits per heavy atom. The van der Waals surface area contributed by atoms with Gasteiger partial charge in [-0.3, -0.25) is 9.78 Å². The lowest BCUT2D eigenvalue weighted by Gasteiger charge is -2.06. The Morgan fingerprint density at radius 1 is 1.18 bits per heavy atom. The molecule has 0 radical (unpaired) electrons. The van der Waals surface area contributed by atoms with Crippen molar-refractivity contribution < 1.29 is 14.7 Å². The smallest absolute Gasteiger partial charge is 0.257 e. The zero-order valence-corrected chi connectivity index (χ0v) is 14.6. The van der Waals surface area contributed by atoms with E-state index < -0.39 is 0 Å². The fourth-order valence-corrected chi connectivity index (χ4v) is 2.80. The SMILES string of the molecule is C=[N+]([O-])c1ccc2nc(-c3ccc(NC(=O)c4cccnc4)cc3)n(O)c2c1. The van der Waals surface area contributed by atoms with E-state index >= 15 is 0 Å². The second kappa shape index (κ2) is 6.84. The Balaban J connectivity index is 1.61. The van der Waals surface area contributed by atoms with E-state index in [4.69, 9.17) is 0 Å². The molecule has 28 heavy (non-hydrogen) atoms. The van der Waals surface area contributed by atoms with Crippen molar-refractivity contribution in [1.29, 1.82) is 0 Å². The number of benzene rings is 2. The molecule has 1 amide bonds. The molecule has 0 saturated carbocycles. The molecule has 2 aromatic heterocycles. The summed E-state index contributed by atoms with van der Waals surface area (Å²) in [5.41, 5.74) is 2.94. The number of nitrogens with zero attached hydrogens (tertiary/aromatic N) is 4. The van der Waals surface area contributed by atoms with Crippen molar-refractivity contribution in [3.8, 4) is 11.4 Å². The fourth-order valence-electron chi connectivity index (χ4n) is 2.80. The number of carbonyl (C=O) groups excluding carboxylic acids is 1. The zero-order chi connectivity index (χ0) is 19.7. The number of anilines is 1. The van der Waals surface area contributed by atoms with E-state index in [1.54, 1.807) is 54.7 Å². The number of nitrogens with one attached hydrogen (secondary N) is 1. The van der Waals surface area contributed by atoms with Gasteiger partial charge < -0.3 is 15.7 Å². The Kier molecular flexibility index (Phi) is 4.21. The summed E-state index contributed by atoms with van der Waals surface area (Å²) in [6.07, 6.45) is 3.09. The maximum Gasteiger partial charge on any atom is 0.257 e. The van der Waals surface area contributed by atoms with Crippen molar-refractivity contribution in [2.45, 2.75) is 0 Å². The summed E-state index contributed by atoms with van der Waals surface area (Å²) < 4.78 is 1.39. The van der Waals surface area contributed by atoms with Gasteiger partial charge in [0.15, 0.2) is 5.82 Å². The molecule has 0 bridgehead atoms. The lowest BCUT2D eigenvalue weighted by Crippen LogP contribution is -2.11. The number of amides is 1. The molecule has 0 fully saturated rings. The number of hydrogen-bond donors (Lipinski definition) is 2. The monoisotopic (exact) mass is 373 g/mol. The zero-order valence-electron chi connectivity index (χ0n) is 14.6. The summed E-state index contributed by atoms with van der Waals surface area (Å²) in [6, 6.07) is 15.0. The molecule has 4 rings (SSSR count). The van der Waals surface area contributed by atoms with Gasteiger partial charge in [-0.15, -0.1) is 0 Å². The van der Waals surface area contributed by atoms with Crippen LogP contribution in [0.25, 0.3) is 22.4 Å². The quantitative estimate of drug-likeness (QED) is 0.187. The van der Waals surface area contributed by atoms with Crippen molar-refractivity contribution >= 4 is 35.0 Å². The van der Waals surface area contributed by atoms with Gasteiger partial charge in [0.05, 0.1) is 11.1 Å². The van der Waals surface area contributed by atoms with E-state index in [9.17, 15) is 15.2 Å². The predicted molar refractivity (Wildman–Crippen MR) is 105 cm³/mol. The Labute approximate surface area is 159 Å². The van der Waals surface area contributed by atoms with E-state index in [2.05, 4.69) is 22.0 Å². The van der Waals surface area contributed by atoms with Crippen molar-refractivity contribution in [3.05, 3.63) is 77.8 Å². The molecule has 0 unspecified atom stereocenters. The first-order chi connectivity index (χ1) is 13.5. The predicted octanol–water partition coefficient (Wildman–Crippen LogP) is 3.43. The van der Waals surface area contributed by atoms with Gasteiger partial charge in [0.2, 0.25) is 5.69 Å². The van der Waals surface area contributed by atoms with Crippen molar-refractivity contribution in [3.63, 3.8) is 0 Å². The first-order valence-electron chi connectivity index (χ1n) is 8.34. The van der Waals surface area contributed by atoms with Crippen LogP contribution in [0.4, 0.5) is 11.4 Å². The third kappa shape index (κ3) is 3.14. The number of aromatic nitrogens is 3. The highest BCUT2D eigenvalue weighted by atomic mass is 16.5. The standard InChI is InChI=1S/C20H15N5O3/c1-24(27)16-8-9-17-18(11-16)25(28)19(23-17)13-4-6-15(7-5-13)22-20(26)14-3-2-10-21-12-14/h2-12,28H,1H2,(H,22,26). The van der Waals surface area contributed by atoms with Crippen LogP contribution in [0, 0.1) is 5.21 Å². The lowest BCUT2D eigenvalue weighted by atomic mass is 10.2. The molecule has 0 spiro atoms. The van der Waals surface area contributed by atoms with Crippen LogP contribution in [0.1, 0.15) is 10.4 Å². The average molecular weight is 373 g/mol. The molecule has 8 nitrogen and oxygen atoms in total. The van der Waals surface area contributed by atoms with Gasteiger partial charge in [-0.2, -0.15) is 9.47 Å². The number of imidazole rings is 1. The summed E-state index contributed by atoms with van der Waals surface area (Å²) in [4.78, 5) is 20.5. The number of fused-ring (bicyclic) bond motifs is 1. The molecular weight excluding hydrogens is 358 g/mol. The van der Waals surface area contributed by atoms with Crippen molar-refractivity contribution in [2.75, 3.05) is 5.32 Å². The maximum absolute atomic E-state index is 12.2. The van der Waals surface area contributed by atoms with Crippen molar-refractivity contribution in [1.82, 2.24) is 14.7 Å². The highest BCUT2D eigenvalue weighted by Crippen LogP contribution is 2.27. The third-order valence-electron chi connectivity index (χ3n) is 4.23. The molecule has 8 heteroatoms. The number of pyridine rings is 1.